The molecule has 0 spiro atoms. The van der Waals surface area contributed by atoms with Crippen molar-refractivity contribution < 1.29 is 13.2 Å². The Morgan fingerprint density at radius 3 is 2.67 bits per heavy atom. The molecule has 0 bridgehead atoms. The second-order valence-corrected chi connectivity index (χ2v) is 9.14. The Kier molecular flexibility index (Phi) is 7.08. The first kappa shape index (κ1) is 20.5. The van der Waals surface area contributed by atoms with Gasteiger partial charge in [-0.25, -0.2) is 4.72 Å². The molecule has 0 aliphatic carbocycles. The SMILES string of the molecule is CCNS(=O)(=O)N1CCCC(N2CCC(c3ncccc3OC)CC2)CC1. The lowest BCUT2D eigenvalue weighted by molar-refractivity contribution is 0.138. The molecule has 1 atom stereocenters. The minimum absolute atomic E-state index is 0.437. The Hall–Kier alpha value is -1.22. The fraction of sp³-hybridized carbons (Fsp3) is 0.737. The van der Waals surface area contributed by atoms with Gasteiger partial charge in [0.1, 0.15) is 5.75 Å². The van der Waals surface area contributed by atoms with E-state index in [9.17, 15) is 8.42 Å². The van der Waals surface area contributed by atoms with E-state index < -0.39 is 10.2 Å². The van der Waals surface area contributed by atoms with Crippen molar-refractivity contribution in [2.75, 3.05) is 39.8 Å². The number of methoxy groups -OCH3 is 1. The third-order valence-corrected chi connectivity index (χ3v) is 7.47. The first-order valence-electron chi connectivity index (χ1n) is 10.0. The molecule has 0 radical (unpaired) electrons. The Morgan fingerprint density at radius 2 is 1.96 bits per heavy atom. The Labute approximate surface area is 163 Å². The number of pyridine rings is 1. The summed E-state index contributed by atoms with van der Waals surface area (Å²) in [7, 11) is -1.62. The van der Waals surface area contributed by atoms with Crippen LogP contribution in [-0.4, -0.2) is 68.5 Å². The van der Waals surface area contributed by atoms with Crippen LogP contribution in [0, 0.1) is 0 Å². The van der Waals surface area contributed by atoms with Gasteiger partial charge >= 0.3 is 0 Å². The van der Waals surface area contributed by atoms with E-state index in [0.29, 0.717) is 31.6 Å². The van der Waals surface area contributed by atoms with Crippen molar-refractivity contribution in [2.45, 2.75) is 51.0 Å². The lowest BCUT2D eigenvalue weighted by Gasteiger charge is -2.37. The van der Waals surface area contributed by atoms with E-state index >= 15 is 0 Å². The number of nitrogens with one attached hydrogen (secondary N) is 1. The molecule has 0 aromatic carbocycles. The monoisotopic (exact) mass is 396 g/mol. The summed E-state index contributed by atoms with van der Waals surface area (Å²) in [5.74, 6) is 1.32. The number of hydrogen-bond donors (Lipinski definition) is 1. The van der Waals surface area contributed by atoms with Gasteiger partial charge in [0.05, 0.1) is 12.8 Å². The highest BCUT2D eigenvalue weighted by Crippen LogP contribution is 2.34. The summed E-state index contributed by atoms with van der Waals surface area (Å²) in [5, 5.41) is 0. The summed E-state index contributed by atoms with van der Waals surface area (Å²) >= 11 is 0. The summed E-state index contributed by atoms with van der Waals surface area (Å²) in [6.45, 7) is 5.55. The van der Waals surface area contributed by atoms with Crippen LogP contribution < -0.4 is 9.46 Å². The van der Waals surface area contributed by atoms with E-state index in [0.717, 1.165) is 56.6 Å². The zero-order chi connectivity index (χ0) is 19.3. The molecule has 8 heteroatoms. The van der Waals surface area contributed by atoms with E-state index in [1.54, 1.807) is 11.4 Å². The molecule has 27 heavy (non-hydrogen) atoms. The van der Waals surface area contributed by atoms with Gasteiger partial charge < -0.3 is 9.64 Å². The van der Waals surface area contributed by atoms with Crippen molar-refractivity contribution in [3.8, 4) is 5.75 Å². The summed E-state index contributed by atoms with van der Waals surface area (Å²) < 4.78 is 34.2. The molecule has 3 rings (SSSR count). The Morgan fingerprint density at radius 1 is 1.19 bits per heavy atom. The molecule has 1 unspecified atom stereocenters. The van der Waals surface area contributed by atoms with Crippen LogP contribution in [-0.2, 0) is 10.2 Å². The molecule has 3 heterocycles. The van der Waals surface area contributed by atoms with Crippen molar-refractivity contribution in [3.63, 3.8) is 0 Å². The van der Waals surface area contributed by atoms with Crippen LogP contribution in [0.15, 0.2) is 18.3 Å². The van der Waals surface area contributed by atoms with Gasteiger partial charge in [-0.05, 0) is 57.3 Å². The molecule has 2 fully saturated rings. The van der Waals surface area contributed by atoms with Crippen LogP contribution in [0.3, 0.4) is 0 Å². The highest BCUT2D eigenvalue weighted by molar-refractivity contribution is 7.87. The third-order valence-electron chi connectivity index (χ3n) is 5.78. The normalized spacial score (nSPS) is 23.9. The predicted molar refractivity (Wildman–Crippen MR) is 106 cm³/mol. The molecule has 0 saturated carbocycles. The lowest BCUT2D eigenvalue weighted by atomic mass is 9.91. The molecule has 7 nitrogen and oxygen atoms in total. The molecule has 152 valence electrons. The van der Waals surface area contributed by atoms with E-state index in [1.807, 2.05) is 25.3 Å². The lowest BCUT2D eigenvalue weighted by Crippen LogP contribution is -2.43. The quantitative estimate of drug-likeness (QED) is 0.796. The Balaban J connectivity index is 1.55. The van der Waals surface area contributed by atoms with Crippen molar-refractivity contribution in [2.24, 2.45) is 0 Å². The van der Waals surface area contributed by atoms with Crippen LogP contribution in [0.5, 0.6) is 5.75 Å². The van der Waals surface area contributed by atoms with Crippen LogP contribution in [0.1, 0.15) is 50.6 Å². The smallest absolute Gasteiger partial charge is 0.279 e. The van der Waals surface area contributed by atoms with Gasteiger partial charge in [0.15, 0.2) is 0 Å². The minimum Gasteiger partial charge on any atom is -0.495 e. The van der Waals surface area contributed by atoms with E-state index in [4.69, 9.17) is 4.74 Å². The molecular formula is C19H32N4O3S. The van der Waals surface area contributed by atoms with Gasteiger partial charge in [0.2, 0.25) is 0 Å². The highest BCUT2D eigenvalue weighted by Gasteiger charge is 2.31. The number of piperidine rings is 1. The highest BCUT2D eigenvalue weighted by atomic mass is 32.2. The van der Waals surface area contributed by atoms with E-state index in [2.05, 4.69) is 14.6 Å². The average molecular weight is 397 g/mol. The second kappa shape index (κ2) is 9.32. The summed E-state index contributed by atoms with van der Waals surface area (Å²) in [4.78, 5) is 7.11. The van der Waals surface area contributed by atoms with Gasteiger partial charge in [-0.15, -0.1) is 0 Å². The van der Waals surface area contributed by atoms with Crippen LogP contribution in [0.2, 0.25) is 0 Å². The number of rotatable bonds is 6. The van der Waals surface area contributed by atoms with Gasteiger partial charge in [-0.3, -0.25) is 4.98 Å². The van der Waals surface area contributed by atoms with Crippen molar-refractivity contribution in [3.05, 3.63) is 24.0 Å². The number of likely N-dealkylation sites (tertiary alicyclic amines) is 1. The van der Waals surface area contributed by atoms with Gasteiger partial charge in [-0.2, -0.15) is 12.7 Å². The van der Waals surface area contributed by atoms with Crippen molar-refractivity contribution in [1.82, 2.24) is 18.9 Å². The van der Waals surface area contributed by atoms with Crippen LogP contribution >= 0.6 is 0 Å². The maximum atomic E-state index is 12.3. The predicted octanol–water partition coefficient (Wildman–Crippen LogP) is 1.98. The first-order valence-corrected chi connectivity index (χ1v) is 11.5. The topological polar surface area (TPSA) is 74.8 Å². The Bertz CT molecular complexity index is 705. The maximum Gasteiger partial charge on any atom is 0.279 e. The third kappa shape index (κ3) is 4.99. The van der Waals surface area contributed by atoms with Crippen molar-refractivity contribution in [1.29, 1.82) is 0 Å². The molecule has 1 aromatic rings. The fourth-order valence-electron chi connectivity index (χ4n) is 4.35. The molecule has 1 N–H and O–H groups in total. The minimum atomic E-state index is -3.32. The molecule has 2 saturated heterocycles. The summed E-state index contributed by atoms with van der Waals surface area (Å²) in [6.07, 6.45) is 6.88. The van der Waals surface area contributed by atoms with E-state index in [1.165, 1.54) is 0 Å². The molecular weight excluding hydrogens is 364 g/mol. The number of hydrogen-bond acceptors (Lipinski definition) is 5. The van der Waals surface area contributed by atoms with Crippen LogP contribution in [0.4, 0.5) is 0 Å². The first-order chi connectivity index (χ1) is 13.0. The fourth-order valence-corrected chi connectivity index (χ4v) is 5.61. The number of aromatic nitrogens is 1. The van der Waals surface area contributed by atoms with Crippen LogP contribution in [0.25, 0.3) is 0 Å². The number of ether oxygens (including phenoxy) is 1. The maximum absolute atomic E-state index is 12.3. The van der Waals surface area contributed by atoms with Gasteiger partial charge in [0, 0.05) is 37.8 Å². The molecule has 1 aromatic heterocycles. The average Bonchev–Trinajstić information content (AvgIpc) is 2.95. The van der Waals surface area contributed by atoms with E-state index in [-0.39, 0.29) is 0 Å². The van der Waals surface area contributed by atoms with Crippen molar-refractivity contribution >= 4 is 10.2 Å². The molecule has 2 aliphatic heterocycles. The summed E-state index contributed by atoms with van der Waals surface area (Å²) in [6, 6.07) is 4.37. The zero-order valence-electron chi connectivity index (χ0n) is 16.4. The summed E-state index contributed by atoms with van der Waals surface area (Å²) in [5.41, 5.74) is 1.07. The second-order valence-electron chi connectivity index (χ2n) is 7.39. The largest absolute Gasteiger partial charge is 0.495 e. The van der Waals surface area contributed by atoms with Gasteiger partial charge in [-0.1, -0.05) is 6.92 Å². The molecule has 2 aliphatic rings. The zero-order valence-corrected chi connectivity index (χ0v) is 17.2. The standard InChI is InChI=1S/C19H32N4O3S/c1-3-21-27(24,25)23-12-5-6-17(10-15-23)22-13-8-16(9-14-22)19-18(26-2)7-4-11-20-19/h4,7,11,16-17,21H,3,5-6,8-10,12-15H2,1-2H3. The number of nitrogens with zero attached hydrogens (tertiary/aromatic N) is 3. The molecule has 0 amide bonds. The van der Waals surface area contributed by atoms with Gasteiger partial charge in [0.25, 0.3) is 10.2 Å².